The molecule has 1 aliphatic heterocycles. The van der Waals surface area contributed by atoms with Crippen molar-refractivity contribution in [1.29, 1.82) is 0 Å². The standard InChI is InChI=1S/C13H17N3O2S/c17-16(18)12-7-5-6-11(10-12)14-13(19)15-8-3-1-2-4-9-15/h5-7,10H,1-4,8-9H2,(H,14,19). The molecule has 1 aromatic rings. The lowest BCUT2D eigenvalue weighted by Crippen LogP contribution is -2.35. The number of non-ortho nitro benzene ring substituents is 1. The van der Waals surface area contributed by atoms with Crippen LogP contribution in [-0.2, 0) is 0 Å². The Balaban J connectivity index is 2.01. The third kappa shape index (κ3) is 3.89. The summed E-state index contributed by atoms with van der Waals surface area (Å²) in [6.07, 6.45) is 4.79. The summed E-state index contributed by atoms with van der Waals surface area (Å²) in [5, 5.41) is 14.5. The summed E-state index contributed by atoms with van der Waals surface area (Å²) in [5.74, 6) is 0. The van der Waals surface area contributed by atoms with Crippen LogP contribution in [0.3, 0.4) is 0 Å². The summed E-state index contributed by atoms with van der Waals surface area (Å²) in [6.45, 7) is 1.92. The summed E-state index contributed by atoms with van der Waals surface area (Å²) in [5.41, 5.74) is 0.743. The molecule has 0 saturated carbocycles. The second kappa shape index (κ2) is 6.47. The van der Waals surface area contributed by atoms with E-state index in [0.717, 1.165) is 25.9 Å². The molecule has 0 unspecified atom stereocenters. The quantitative estimate of drug-likeness (QED) is 0.512. The van der Waals surface area contributed by atoms with Gasteiger partial charge < -0.3 is 10.2 Å². The molecule has 0 aliphatic carbocycles. The lowest BCUT2D eigenvalue weighted by molar-refractivity contribution is -0.384. The van der Waals surface area contributed by atoms with Gasteiger partial charge in [0.05, 0.1) is 4.92 Å². The highest BCUT2D eigenvalue weighted by atomic mass is 32.1. The number of hydrogen-bond donors (Lipinski definition) is 1. The summed E-state index contributed by atoms with van der Waals surface area (Å²) in [6, 6.07) is 6.42. The summed E-state index contributed by atoms with van der Waals surface area (Å²) >= 11 is 5.37. The van der Waals surface area contributed by atoms with Gasteiger partial charge in [-0.05, 0) is 31.1 Å². The second-order valence-corrected chi connectivity index (χ2v) is 5.03. The number of anilines is 1. The van der Waals surface area contributed by atoms with Crippen LogP contribution in [0.4, 0.5) is 11.4 Å². The number of nitrogens with zero attached hydrogens (tertiary/aromatic N) is 2. The van der Waals surface area contributed by atoms with E-state index in [2.05, 4.69) is 10.2 Å². The third-order valence-electron chi connectivity index (χ3n) is 3.20. The molecule has 19 heavy (non-hydrogen) atoms. The van der Waals surface area contributed by atoms with Gasteiger partial charge in [-0.3, -0.25) is 10.1 Å². The van der Waals surface area contributed by atoms with E-state index in [0.29, 0.717) is 10.8 Å². The molecule has 1 saturated heterocycles. The lowest BCUT2D eigenvalue weighted by Gasteiger charge is -2.23. The fraction of sp³-hybridized carbons (Fsp3) is 0.462. The molecule has 0 atom stereocenters. The second-order valence-electron chi connectivity index (χ2n) is 4.64. The fourth-order valence-electron chi connectivity index (χ4n) is 2.17. The van der Waals surface area contributed by atoms with Gasteiger partial charge in [0, 0.05) is 30.9 Å². The highest BCUT2D eigenvalue weighted by Gasteiger charge is 2.13. The van der Waals surface area contributed by atoms with E-state index in [-0.39, 0.29) is 5.69 Å². The Labute approximate surface area is 117 Å². The average Bonchev–Trinajstić information content (AvgIpc) is 2.68. The van der Waals surface area contributed by atoms with Crippen molar-refractivity contribution in [3.05, 3.63) is 34.4 Å². The maximum Gasteiger partial charge on any atom is 0.271 e. The number of nitrogens with one attached hydrogen (secondary N) is 1. The molecule has 1 aromatic carbocycles. The van der Waals surface area contributed by atoms with Gasteiger partial charge in [-0.1, -0.05) is 18.9 Å². The van der Waals surface area contributed by atoms with Crippen molar-refractivity contribution in [3.8, 4) is 0 Å². The normalized spacial score (nSPS) is 15.7. The van der Waals surface area contributed by atoms with Crippen LogP contribution in [0.5, 0.6) is 0 Å². The van der Waals surface area contributed by atoms with Crippen molar-refractivity contribution in [2.75, 3.05) is 18.4 Å². The molecule has 1 heterocycles. The predicted molar refractivity (Wildman–Crippen MR) is 79.4 cm³/mol. The first-order valence-electron chi connectivity index (χ1n) is 6.47. The monoisotopic (exact) mass is 279 g/mol. The lowest BCUT2D eigenvalue weighted by atomic mass is 10.2. The maximum atomic E-state index is 10.7. The zero-order valence-corrected chi connectivity index (χ0v) is 11.5. The zero-order chi connectivity index (χ0) is 13.7. The molecule has 0 spiro atoms. The molecule has 1 fully saturated rings. The Morgan fingerprint density at radius 3 is 2.58 bits per heavy atom. The molecule has 0 amide bonds. The Morgan fingerprint density at radius 1 is 1.26 bits per heavy atom. The van der Waals surface area contributed by atoms with E-state index in [1.165, 1.54) is 25.0 Å². The average molecular weight is 279 g/mol. The SMILES string of the molecule is O=[N+]([O-])c1cccc(NC(=S)N2CCCCCC2)c1. The van der Waals surface area contributed by atoms with Crippen LogP contribution in [-0.4, -0.2) is 28.0 Å². The highest BCUT2D eigenvalue weighted by Crippen LogP contribution is 2.18. The van der Waals surface area contributed by atoms with E-state index in [1.54, 1.807) is 12.1 Å². The van der Waals surface area contributed by atoms with E-state index in [1.807, 2.05) is 0 Å². The number of hydrogen-bond acceptors (Lipinski definition) is 3. The van der Waals surface area contributed by atoms with Crippen LogP contribution in [0.1, 0.15) is 25.7 Å². The van der Waals surface area contributed by atoms with Crippen LogP contribution in [0.25, 0.3) is 0 Å². The number of nitro benzene ring substituents is 1. The van der Waals surface area contributed by atoms with Crippen molar-refractivity contribution < 1.29 is 4.92 Å². The Kier molecular flexibility index (Phi) is 4.68. The van der Waals surface area contributed by atoms with E-state index >= 15 is 0 Å². The molecule has 5 nitrogen and oxygen atoms in total. The van der Waals surface area contributed by atoms with Crippen LogP contribution < -0.4 is 5.32 Å². The summed E-state index contributed by atoms with van der Waals surface area (Å²) in [4.78, 5) is 12.5. The van der Waals surface area contributed by atoms with Gasteiger partial charge in [-0.2, -0.15) is 0 Å². The van der Waals surface area contributed by atoms with Crippen LogP contribution in [0.15, 0.2) is 24.3 Å². The van der Waals surface area contributed by atoms with Gasteiger partial charge >= 0.3 is 0 Å². The minimum Gasteiger partial charge on any atom is -0.349 e. The van der Waals surface area contributed by atoms with E-state index < -0.39 is 4.92 Å². The van der Waals surface area contributed by atoms with Gasteiger partial charge in [0.15, 0.2) is 5.11 Å². The van der Waals surface area contributed by atoms with E-state index in [9.17, 15) is 10.1 Å². The molecule has 1 aliphatic rings. The first-order valence-corrected chi connectivity index (χ1v) is 6.88. The van der Waals surface area contributed by atoms with Crippen molar-refractivity contribution >= 4 is 28.7 Å². The number of benzene rings is 1. The zero-order valence-electron chi connectivity index (χ0n) is 10.7. The van der Waals surface area contributed by atoms with Gasteiger partial charge in [-0.15, -0.1) is 0 Å². The summed E-state index contributed by atoms with van der Waals surface area (Å²) < 4.78 is 0. The Hall–Kier alpha value is -1.69. The molecule has 2 rings (SSSR count). The minimum atomic E-state index is -0.403. The largest absolute Gasteiger partial charge is 0.349 e. The highest BCUT2D eigenvalue weighted by molar-refractivity contribution is 7.80. The molecular formula is C13H17N3O2S. The molecule has 102 valence electrons. The smallest absolute Gasteiger partial charge is 0.271 e. The van der Waals surface area contributed by atoms with E-state index in [4.69, 9.17) is 12.2 Å². The molecule has 0 aromatic heterocycles. The number of nitro groups is 1. The Bertz CT molecular complexity index is 471. The number of thiocarbonyl (C=S) groups is 1. The topological polar surface area (TPSA) is 58.4 Å². The van der Waals surface area contributed by atoms with Gasteiger partial charge in [0.1, 0.15) is 0 Å². The summed E-state index contributed by atoms with van der Waals surface area (Å²) in [7, 11) is 0. The number of likely N-dealkylation sites (tertiary alicyclic amines) is 1. The molecule has 1 N–H and O–H groups in total. The molecule has 6 heteroatoms. The van der Waals surface area contributed by atoms with Crippen molar-refractivity contribution in [3.63, 3.8) is 0 Å². The van der Waals surface area contributed by atoms with Gasteiger partial charge in [-0.25, -0.2) is 0 Å². The van der Waals surface area contributed by atoms with Crippen molar-refractivity contribution in [2.24, 2.45) is 0 Å². The fourth-order valence-corrected chi connectivity index (χ4v) is 2.47. The maximum absolute atomic E-state index is 10.7. The first kappa shape index (κ1) is 13.7. The molecular weight excluding hydrogens is 262 g/mol. The molecule has 0 bridgehead atoms. The predicted octanol–water partition coefficient (Wildman–Crippen LogP) is 3.17. The van der Waals surface area contributed by atoms with Crippen molar-refractivity contribution in [2.45, 2.75) is 25.7 Å². The Morgan fingerprint density at radius 2 is 1.95 bits per heavy atom. The van der Waals surface area contributed by atoms with Crippen LogP contribution in [0.2, 0.25) is 0 Å². The van der Waals surface area contributed by atoms with Gasteiger partial charge in [0.25, 0.3) is 5.69 Å². The van der Waals surface area contributed by atoms with Crippen molar-refractivity contribution in [1.82, 2.24) is 4.90 Å². The number of rotatable bonds is 2. The van der Waals surface area contributed by atoms with Gasteiger partial charge in [0.2, 0.25) is 0 Å². The van der Waals surface area contributed by atoms with Crippen LogP contribution >= 0.6 is 12.2 Å². The third-order valence-corrected chi connectivity index (χ3v) is 3.56. The minimum absolute atomic E-state index is 0.0728. The first-order chi connectivity index (χ1) is 9.16. The molecule has 0 radical (unpaired) electrons. The van der Waals surface area contributed by atoms with Crippen LogP contribution in [0, 0.1) is 10.1 Å².